The Bertz CT molecular complexity index is 140. The van der Waals surface area contributed by atoms with Gasteiger partial charge in [-0.15, -0.1) is 0 Å². The van der Waals surface area contributed by atoms with Crippen molar-refractivity contribution in [3.63, 3.8) is 0 Å². The van der Waals surface area contributed by atoms with Crippen LogP contribution in [0, 0.1) is 5.41 Å². The van der Waals surface area contributed by atoms with E-state index in [4.69, 9.17) is 4.74 Å². The molecule has 0 N–H and O–H groups in total. The van der Waals surface area contributed by atoms with Crippen molar-refractivity contribution in [3.8, 4) is 0 Å². The lowest BCUT2D eigenvalue weighted by molar-refractivity contribution is 0.114. The molecule has 0 radical (unpaired) electrons. The third-order valence-electron chi connectivity index (χ3n) is 3.40. The van der Waals surface area contributed by atoms with Gasteiger partial charge in [-0.2, -0.15) is 0 Å². The van der Waals surface area contributed by atoms with E-state index in [-0.39, 0.29) is 0 Å². The Hall–Kier alpha value is 0.400. The van der Waals surface area contributed by atoms with Crippen molar-refractivity contribution < 1.29 is 4.74 Å². The Morgan fingerprint density at radius 3 is 2.13 bits per heavy atom. The predicted octanol–water partition coefficient (Wildman–Crippen LogP) is 3.16. The fraction of sp³-hybridized carbons (Fsp3) is 1.00. The van der Waals surface area contributed by atoms with Gasteiger partial charge in [0.1, 0.15) is 0 Å². The Morgan fingerprint density at radius 1 is 1.20 bits per heavy atom. The second kappa shape index (κ2) is 8.54. The Kier molecular flexibility index (Phi) is 8.77. The molecule has 0 saturated carbocycles. The van der Waals surface area contributed by atoms with Crippen LogP contribution in [0.1, 0.15) is 33.6 Å². The van der Waals surface area contributed by atoms with Crippen LogP contribution in [-0.2, 0) is 4.74 Å². The maximum atomic E-state index is 5.14. The summed E-state index contributed by atoms with van der Waals surface area (Å²) in [6, 6.07) is 0. The van der Waals surface area contributed by atoms with Gasteiger partial charge in [0, 0.05) is 25.5 Å². The zero-order valence-corrected chi connectivity index (χ0v) is 12.3. The molecule has 0 aliphatic heterocycles. The Labute approximate surface area is 103 Å². The monoisotopic (exact) mass is 279 g/mol. The molecule has 92 valence electrons. The fourth-order valence-corrected chi connectivity index (χ4v) is 2.72. The van der Waals surface area contributed by atoms with Gasteiger partial charge in [-0.25, -0.2) is 0 Å². The summed E-state index contributed by atoms with van der Waals surface area (Å²) in [6.07, 6.45) is 2.47. The van der Waals surface area contributed by atoms with Gasteiger partial charge in [0.25, 0.3) is 0 Å². The van der Waals surface area contributed by atoms with Crippen molar-refractivity contribution in [2.75, 3.05) is 38.7 Å². The van der Waals surface area contributed by atoms with Gasteiger partial charge in [-0.1, -0.05) is 36.7 Å². The standard InChI is InChI=1S/C12H26BrNO/c1-5-12(6-2,10-13)11-14(7-3)8-9-15-4/h5-11H2,1-4H3. The maximum Gasteiger partial charge on any atom is 0.0589 e. The number of halogens is 1. The molecular formula is C12H26BrNO. The number of hydrogen-bond donors (Lipinski definition) is 0. The summed E-state index contributed by atoms with van der Waals surface area (Å²) in [4.78, 5) is 2.48. The summed E-state index contributed by atoms with van der Waals surface area (Å²) < 4.78 is 5.14. The highest BCUT2D eigenvalue weighted by atomic mass is 79.9. The number of ether oxygens (including phenoxy) is 1. The van der Waals surface area contributed by atoms with Crippen LogP contribution in [0.2, 0.25) is 0 Å². The van der Waals surface area contributed by atoms with E-state index in [2.05, 4.69) is 41.6 Å². The highest BCUT2D eigenvalue weighted by Gasteiger charge is 2.26. The molecule has 0 bridgehead atoms. The topological polar surface area (TPSA) is 12.5 Å². The van der Waals surface area contributed by atoms with Crippen molar-refractivity contribution in [3.05, 3.63) is 0 Å². The van der Waals surface area contributed by atoms with E-state index in [1.54, 1.807) is 7.11 Å². The molecule has 0 aliphatic rings. The van der Waals surface area contributed by atoms with E-state index in [0.717, 1.165) is 25.0 Å². The summed E-state index contributed by atoms with van der Waals surface area (Å²) in [7, 11) is 1.77. The van der Waals surface area contributed by atoms with Crippen LogP contribution < -0.4 is 0 Å². The van der Waals surface area contributed by atoms with Crippen LogP contribution in [-0.4, -0.2) is 43.6 Å². The average molecular weight is 280 g/mol. The van der Waals surface area contributed by atoms with Crippen molar-refractivity contribution in [1.29, 1.82) is 0 Å². The lowest BCUT2D eigenvalue weighted by Gasteiger charge is -2.35. The zero-order valence-electron chi connectivity index (χ0n) is 10.7. The van der Waals surface area contributed by atoms with Crippen LogP contribution in [0.25, 0.3) is 0 Å². The predicted molar refractivity (Wildman–Crippen MR) is 70.8 cm³/mol. The zero-order chi connectivity index (χ0) is 11.7. The normalized spacial score (nSPS) is 12.4. The molecule has 0 spiro atoms. The van der Waals surface area contributed by atoms with Gasteiger partial charge in [0.2, 0.25) is 0 Å². The van der Waals surface area contributed by atoms with Crippen molar-refractivity contribution in [2.45, 2.75) is 33.6 Å². The number of hydrogen-bond acceptors (Lipinski definition) is 2. The van der Waals surface area contributed by atoms with Gasteiger partial charge in [0.15, 0.2) is 0 Å². The summed E-state index contributed by atoms with van der Waals surface area (Å²) in [5.41, 5.74) is 0.434. The van der Waals surface area contributed by atoms with Crippen molar-refractivity contribution in [1.82, 2.24) is 4.90 Å². The van der Waals surface area contributed by atoms with E-state index in [1.165, 1.54) is 19.4 Å². The molecule has 0 aromatic rings. The molecule has 0 saturated heterocycles. The molecule has 0 unspecified atom stereocenters. The lowest BCUT2D eigenvalue weighted by Crippen LogP contribution is -2.39. The second-order valence-corrected chi connectivity index (χ2v) is 4.76. The molecule has 2 nitrogen and oxygen atoms in total. The number of nitrogens with zero attached hydrogens (tertiary/aromatic N) is 1. The second-order valence-electron chi connectivity index (χ2n) is 4.20. The molecule has 0 heterocycles. The van der Waals surface area contributed by atoms with Crippen LogP contribution >= 0.6 is 15.9 Å². The minimum atomic E-state index is 0.434. The van der Waals surface area contributed by atoms with E-state index in [0.29, 0.717) is 5.41 Å². The molecule has 0 fully saturated rings. The van der Waals surface area contributed by atoms with Crippen LogP contribution in [0.5, 0.6) is 0 Å². The van der Waals surface area contributed by atoms with Crippen LogP contribution in [0.15, 0.2) is 0 Å². The van der Waals surface area contributed by atoms with Crippen molar-refractivity contribution in [2.24, 2.45) is 5.41 Å². The molecule has 15 heavy (non-hydrogen) atoms. The van der Waals surface area contributed by atoms with E-state index in [1.807, 2.05) is 0 Å². The molecule has 0 aromatic heterocycles. The number of rotatable bonds is 9. The third kappa shape index (κ3) is 5.32. The smallest absolute Gasteiger partial charge is 0.0589 e. The molecule has 0 amide bonds. The molecule has 0 atom stereocenters. The number of likely N-dealkylation sites (N-methyl/N-ethyl adjacent to an activating group) is 1. The van der Waals surface area contributed by atoms with E-state index in [9.17, 15) is 0 Å². The first-order chi connectivity index (χ1) is 7.17. The Morgan fingerprint density at radius 2 is 1.80 bits per heavy atom. The average Bonchev–Trinajstić information content (AvgIpc) is 2.30. The SMILES string of the molecule is CCN(CCOC)CC(CC)(CC)CBr. The quantitative estimate of drug-likeness (QED) is 0.602. The van der Waals surface area contributed by atoms with Gasteiger partial charge < -0.3 is 9.64 Å². The summed E-state index contributed by atoms with van der Waals surface area (Å²) in [5, 5.41) is 1.09. The first-order valence-corrected chi connectivity index (χ1v) is 7.07. The van der Waals surface area contributed by atoms with Gasteiger partial charge in [-0.3, -0.25) is 0 Å². The summed E-state index contributed by atoms with van der Waals surface area (Å²) in [6.45, 7) is 11.0. The summed E-state index contributed by atoms with van der Waals surface area (Å²) in [5.74, 6) is 0. The minimum Gasteiger partial charge on any atom is -0.383 e. The Balaban J connectivity index is 4.21. The largest absolute Gasteiger partial charge is 0.383 e. The van der Waals surface area contributed by atoms with Gasteiger partial charge in [-0.05, 0) is 24.8 Å². The van der Waals surface area contributed by atoms with Crippen molar-refractivity contribution >= 4 is 15.9 Å². The lowest BCUT2D eigenvalue weighted by atomic mass is 9.84. The molecule has 0 aromatic carbocycles. The minimum absolute atomic E-state index is 0.434. The molecule has 0 rings (SSSR count). The number of alkyl halides is 1. The fourth-order valence-electron chi connectivity index (χ4n) is 1.75. The highest BCUT2D eigenvalue weighted by Crippen LogP contribution is 2.29. The van der Waals surface area contributed by atoms with E-state index < -0.39 is 0 Å². The van der Waals surface area contributed by atoms with Gasteiger partial charge in [0.05, 0.1) is 6.61 Å². The van der Waals surface area contributed by atoms with Gasteiger partial charge >= 0.3 is 0 Å². The molecule has 3 heteroatoms. The summed E-state index contributed by atoms with van der Waals surface area (Å²) >= 11 is 3.66. The first kappa shape index (κ1) is 15.4. The third-order valence-corrected chi connectivity index (χ3v) is 4.59. The maximum absolute atomic E-state index is 5.14. The van der Waals surface area contributed by atoms with E-state index >= 15 is 0 Å². The highest BCUT2D eigenvalue weighted by molar-refractivity contribution is 9.09. The number of methoxy groups -OCH3 is 1. The van der Waals surface area contributed by atoms with Crippen LogP contribution in [0.3, 0.4) is 0 Å². The first-order valence-electron chi connectivity index (χ1n) is 5.95. The molecule has 0 aliphatic carbocycles. The molecular weight excluding hydrogens is 254 g/mol. The van der Waals surface area contributed by atoms with Crippen LogP contribution in [0.4, 0.5) is 0 Å².